The van der Waals surface area contributed by atoms with Gasteiger partial charge in [0.1, 0.15) is 5.76 Å². The van der Waals surface area contributed by atoms with E-state index >= 15 is 0 Å². The summed E-state index contributed by atoms with van der Waals surface area (Å²) in [6, 6.07) is 0.721. The molecule has 3 nitrogen and oxygen atoms in total. The third kappa shape index (κ3) is 2.04. The van der Waals surface area contributed by atoms with Crippen LogP contribution in [-0.4, -0.2) is 11.0 Å². The van der Waals surface area contributed by atoms with E-state index in [0.29, 0.717) is 4.80 Å². The predicted molar refractivity (Wildman–Crippen MR) is 44.1 cm³/mol. The molecule has 60 valence electrons. The monoisotopic (exact) mass is 216 g/mol. The van der Waals surface area contributed by atoms with Crippen molar-refractivity contribution < 1.29 is 4.42 Å². The highest BCUT2D eigenvalue weighted by Gasteiger charge is 2.20. The van der Waals surface area contributed by atoms with Crippen LogP contribution in [0.15, 0.2) is 15.4 Å². The number of hydrogen-bond acceptors (Lipinski definition) is 3. The molecule has 0 bridgehead atoms. The van der Waals surface area contributed by atoms with Crippen LogP contribution in [0.5, 0.6) is 0 Å². The molecule has 1 fully saturated rings. The van der Waals surface area contributed by atoms with Crippen LogP contribution in [0.4, 0.5) is 0 Å². The van der Waals surface area contributed by atoms with Crippen LogP contribution in [0.2, 0.25) is 0 Å². The van der Waals surface area contributed by atoms with Crippen molar-refractivity contribution in [1.82, 2.24) is 10.3 Å². The standard InChI is InChI=1S/C7H9BrN2O/c8-7-10-4-6(11-7)3-9-5-1-2-5/h4-5,9H,1-3H2. The summed E-state index contributed by atoms with van der Waals surface area (Å²) in [5.74, 6) is 0.892. The maximum absolute atomic E-state index is 5.20. The van der Waals surface area contributed by atoms with Crippen LogP contribution in [0, 0.1) is 0 Å². The minimum atomic E-state index is 0.560. The Morgan fingerprint density at radius 1 is 1.73 bits per heavy atom. The van der Waals surface area contributed by atoms with Gasteiger partial charge in [-0.3, -0.25) is 0 Å². The van der Waals surface area contributed by atoms with Gasteiger partial charge in [-0.25, -0.2) is 4.98 Å². The molecule has 1 aromatic heterocycles. The van der Waals surface area contributed by atoms with Crippen molar-refractivity contribution >= 4 is 15.9 Å². The molecule has 1 N–H and O–H groups in total. The summed E-state index contributed by atoms with van der Waals surface area (Å²) in [5, 5.41) is 3.33. The average molecular weight is 217 g/mol. The van der Waals surface area contributed by atoms with Crippen molar-refractivity contribution in [3.63, 3.8) is 0 Å². The van der Waals surface area contributed by atoms with Crippen molar-refractivity contribution in [2.75, 3.05) is 0 Å². The molecule has 0 atom stereocenters. The van der Waals surface area contributed by atoms with Gasteiger partial charge in [0.25, 0.3) is 4.80 Å². The summed E-state index contributed by atoms with van der Waals surface area (Å²) < 4.78 is 5.20. The fraction of sp³-hybridized carbons (Fsp3) is 0.571. The number of hydrogen-bond donors (Lipinski definition) is 1. The molecule has 0 aromatic carbocycles. The van der Waals surface area contributed by atoms with Crippen molar-refractivity contribution in [2.24, 2.45) is 0 Å². The highest BCUT2D eigenvalue weighted by atomic mass is 79.9. The van der Waals surface area contributed by atoms with E-state index in [1.807, 2.05) is 0 Å². The van der Waals surface area contributed by atoms with Gasteiger partial charge in [0, 0.05) is 22.0 Å². The van der Waals surface area contributed by atoms with Crippen LogP contribution < -0.4 is 5.32 Å². The second-order valence-electron chi connectivity index (χ2n) is 2.73. The number of halogens is 1. The SMILES string of the molecule is Brc1ncc(CNC2CC2)o1. The van der Waals surface area contributed by atoms with Gasteiger partial charge >= 0.3 is 0 Å². The van der Waals surface area contributed by atoms with Crippen molar-refractivity contribution in [1.29, 1.82) is 0 Å². The number of nitrogens with zero attached hydrogens (tertiary/aromatic N) is 1. The number of rotatable bonds is 3. The van der Waals surface area contributed by atoms with Crippen LogP contribution in [0.3, 0.4) is 0 Å². The molecule has 1 saturated carbocycles. The maximum Gasteiger partial charge on any atom is 0.264 e. The molecule has 0 unspecified atom stereocenters. The molecule has 0 radical (unpaired) electrons. The largest absolute Gasteiger partial charge is 0.435 e. The molecule has 0 spiro atoms. The van der Waals surface area contributed by atoms with Crippen molar-refractivity contribution in [3.8, 4) is 0 Å². The van der Waals surface area contributed by atoms with Gasteiger partial charge in [0.15, 0.2) is 0 Å². The predicted octanol–water partition coefficient (Wildman–Crippen LogP) is 1.69. The van der Waals surface area contributed by atoms with E-state index in [1.54, 1.807) is 6.20 Å². The molecule has 1 aromatic rings. The zero-order chi connectivity index (χ0) is 7.68. The first kappa shape index (κ1) is 7.31. The van der Waals surface area contributed by atoms with E-state index < -0.39 is 0 Å². The number of oxazole rings is 1. The summed E-state index contributed by atoms with van der Waals surface area (Å²) in [5.41, 5.74) is 0. The lowest BCUT2D eigenvalue weighted by Gasteiger charge is -1.95. The van der Waals surface area contributed by atoms with E-state index in [4.69, 9.17) is 4.42 Å². The van der Waals surface area contributed by atoms with Crippen molar-refractivity contribution in [2.45, 2.75) is 25.4 Å². The zero-order valence-electron chi connectivity index (χ0n) is 6.01. The van der Waals surface area contributed by atoms with Crippen LogP contribution in [0.25, 0.3) is 0 Å². The topological polar surface area (TPSA) is 38.1 Å². The Bertz CT molecular complexity index is 244. The molecule has 1 aliphatic carbocycles. The first-order valence-electron chi connectivity index (χ1n) is 3.68. The van der Waals surface area contributed by atoms with Crippen molar-refractivity contribution in [3.05, 3.63) is 16.8 Å². The van der Waals surface area contributed by atoms with Gasteiger partial charge in [0.05, 0.1) is 12.7 Å². The molecule has 4 heteroatoms. The summed E-state index contributed by atoms with van der Waals surface area (Å²) in [7, 11) is 0. The third-order valence-corrected chi connectivity index (χ3v) is 2.03. The van der Waals surface area contributed by atoms with Crippen LogP contribution in [0.1, 0.15) is 18.6 Å². The van der Waals surface area contributed by atoms with E-state index in [0.717, 1.165) is 18.3 Å². The van der Waals surface area contributed by atoms with Gasteiger partial charge < -0.3 is 9.73 Å². The summed E-state index contributed by atoms with van der Waals surface area (Å²) in [4.78, 5) is 4.49. The molecule has 0 saturated heterocycles. The Kier molecular flexibility index (Phi) is 1.96. The van der Waals surface area contributed by atoms with E-state index in [9.17, 15) is 0 Å². The zero-order valence-corrected chi connectivity index (χ0v) is 7.60. The second-order valence-corrected chi connectivity index (χ2v) is 3.41. The second kappa shape index (κ2) is 2.95. The maximum atomic E-state index is 5.20. The average Bonchev–Trinajstić information content (AvgIpc) is 2.72. The first-order chi connectivity index (χ1) is 5.34. The lowest BCUT2D eigenvalue weighted by atomic mass is 10.5. The molecule has 1 heterocycles. The molecule has 0 amide bonds. The Labute approximate surface area is 73.3 Å². The van der Waals surface area contributed by atoms with E-state index in [-0.39, 0.29) is 0 Å². The van der Waals surface area contributed by atoms with E-state index in [2.05, 4.69) is 26.2 Å². The fourth-order valence-electron chi connectivity index (χ4n) is 0.898. The molecular weight excluding hydrogens is 208 g/mol. The minimum absolute atomic E-state index is 0.560. The lowest BCUT2D eigenvalue weighted by Crippen LogP contribution is -2.14. The normalized spacial score (nSPS) is 17.2. The lowest BCUT2D eigenvalue weighted by molar-refractivity contribution is 0.458. The molecular formula is C7H9BrN2O. The molecule has 0 aliphatic heterocycles. The van der Waals surface area contributed by atoms with Crippen LogP contribution in [-0.2, 0) is 6.54 Å². The Balaban J connectivity index is 1.85. The molecule has 2 rings (SSSR count). The first-order valence-corrected chi connectivity index (χ1v) is 4.47. The van der Waals surface area contributed by atoms with E-state index in [1.165, 1.54) is 12.8 Å². The Morgan fingerprint density at radius 2 is 2.55 bits per heavy atom. The molecule has 11 heavy (non-hydrogen) atoms. The third-order valence-electron chi connectivity index (χ3n) is 1.67. The van der Waals surface area contributed by atoms with Gasteiger partial charge in [-0.2, -0.15) is 0 Å². The Morgan fingerprint density at radius 3 is 3.09 bits per heavy atom. The van der Waals surface area contributed by atoms with Gasteiger partial charge in [0.2, 0.25) is 0 Å². The highest BCUT2D eigenvalue weighted by molar-refractivity contribution is 9.10. The van der Waals surface area contributed by atoms with Gasteiger partial charge in [-0.1, -0.05) is 0 Å². The summed E-state index contributed by atoms with van der Waals surface area (Å²) >= 11 is 3.15. The molecule has 1 aliphatic rings. The van der Waals surface area contributed by atoms with Crippen LogP contribution >= 0.6 is 15.9 Å². The fourth-order valence-corrected chi connectivity index (χ4v) is 1.21. The summed E-state index contributed by atoms with van der Waals surface area (Å²) in [6.07, 6.45) is 4.34. The summed E-state index contributed by atoms with van der Waals surface area (Å²) in [6.45, 7) is 0.795. The quantitative estimate of drug-likeness (QED) is 0.837. The van der Waals surface area contributed by atoms with Gasteiger partial charge in [-0.05, 0) is 12.8 Å². The highest BCUT2D eigenvalue weighted by Crippen LogP contribution is 2.19. The number of nitrogens with one attached hydrogen (secondary N) is 1. The Hall–Kier alpha value is -0.350. The van der Waals surface area contributed by atoms with Gasteiger partial charge in [-0.15, -0.1) is 0 Å². The minimum Gasteiger partial charge on any atom is -0.435 e. The number of aromatic nitrogens is 1. The smallest absolute Gasteiger partial charge is 0.264 e.